The minimum atomic E-state index is 0.309. The average Bonchev–Trinajstić information content (AvgIpc) is 3.07. The van der Waals surface area contributed by atoms with Gasteiger partial charge in [0.05, 0.1) is 0 Å². The van der Waals surface area contributed by atoms with Gasteiger partial charge in [0.2, 0.25) is 5.91 Å². The zero-order valence-electron chi connectivity index (χ0n) is 16.5. The lowest BCUT2D eigenvalue weighted by molar-refractivity contribution is -0.129. The second-order valence-electron chi connectivity index (χ2n) is 6.71. The second kappa shape index (κ2) is 10.5. The van der Waals surface area contributed by atoms with E-state index in [9.17, 15) is 4.79 Å². The maximum atomic E-state index is 11.9. The van der Waals surface area contributed by atoms with E-state index >= 15 is 0 Å². The SMILES string of the molecule is CCC(CCNC(=NC)NCc1ccc(C)cc1SC)N1CCCC1=O. The number of hydrogen-bond donors (Lipinski definition) is 2. The van der Waals surface area contributed by atoms with Crippen molar-refractivity contribution in [2.45, 2.75) is 57.0 Å². The summed E-state index contributed by atoms with van der Waals surface area (Å²) in [6.45, 7) is 6.75. The Morgan fingerprint density at radius 2 is 2.19 bits per heavy atom. The first-order valence-electron chi connectivity index (χ1n) is 9.46. The lowest BCUT2D eigenvalue weighted by atomic mass is 10.1. The highest BCUT2D eigenvalue weighted by molar-refractivity contribution is 7.98. The number of benzene rings is 1. The first-order valence-corrected chi connectivity index (χ1v) is 10.7. The molecule has 6 heteroatoms. The van der Waals surface area contributed by atoms with Crippen LogP contribution >= 0.6 is 11.8 Å². The summed E-state index contributed by atoms with van der Waals surface area (Å²) in [6.07, 6.45) is 5.76. The van der Waals surface area contributed by atoms with Crippen molar-refractivity contribution in [3.8, 4) is 0 Å². The molecule has 0 saturated carbocycles. The largest absolute Gasteiger partial charge is 0.356 e. The maximum absolute atomic E-state index is 11.9. The zero-order chi connectivity index (χ0) is 18.9. The van der Waals surface area contributed by atoms with Crippen LogP contribution in [-0.2, 0) is 11.3 Å². The van der Waals surface area contributed by atoms with Gasteiger partial charge in [0.25, 0.3) is 0 Å². The fourth-order valence-electron chi connectivity index (χ4n) is 3.39. The normalized spacial score (nSPS) is 16.1. The number of amides is 1. The van der Waals surface area contributed by atoms with Crippen LogP contribution in [0.5, 0.6) is 0 Å². The van der Waals surface area contributed by atoms with Gasteiger partial charge in [0, 0.05) is 44.0 Å². The van der Waals surface area contributed by atoms with E-state index in [1.807, 2.05) is 0 Å². The molecule has 1 fully saturated rings. The molecule has 1 saturated heterocycles. The first-order chi connectivity index (χ1) is 12.6. The van der Waals surface area contributed by atoms with Crippen LogP contribution in [-0.4, -0.2) is 49.2 Å². The number of carbonyl (C=O) groups is 1. The van der Waals surface area contributed by atoms with Crippen LogP contribution in [0.3, 0.4) is 0 Å². The summed E-state index contributed by atoms with van der Waals surface area (Å²) in [6, 6.07) is 6.87. The number of carbonyl (C=O) groups excluding carboxylic acids is 1. The molecule has 1 atom stereocenters. The van der Waals surface area contributed by atoms with Crippen molar-refractivity contribution in [1.29, 1.82) is 0 Å². The molecule has 1 aromatic carbocycles. The molecule has 1 unspecified atom stereocenters. The molecule has 0 spiro atoms. The minimum Gasteiger partial charge on any atom is -0.356 e. The molecule has 1 aliphatic heterocycles. The molecular formula is C20H32N4OS. The van der Waals surface area contributed by atoms with Gasteiger partial charge in [-0.15, -0.1) is 11.8 Å². The van der Waals surface area contributed by atoms with Crippen LogP contribution in [0.25, 0.3) is 0 Å². The van der Waals surface area contributed by atoms with Crippen molar-refractivity contribution < 1.29 is 4.79 Å². The van der Waals surface area contributed by atoms with Crippen LogP contribution in [0.4, 0.5) is 0 Å². The maximum Gasteiger partial charge on any atom is 0.222 e. The van der Waals surface area contributed by atoms with Gasteiger partial charge < -0.3 is 15.5 Å². The summed E-state index contributed by atoms with van der Waals surface area (Å²) in [5.74, 6) is 1.11. The summed E-state index contributed by atoms with van der Waals surface area (Å²) in [5, 5.41) is 6.78. The number of likely N-dealkylation sites (tertiary alicyclic amines) is 1. The van der Waals surface area contributed by atoms with Gasteiger partial charge in [-0.2, -0.15) is 0 Å². The van der Waals surface area contributed by atoms with Crippen LogP contribution in [0, 0.1) is 6.92 Å². The molecule has 1 heterocycles. The van der Waals surface area contributed by atoms with E-state index in [0.717, 1.165) is 44.9 Å². The lowest BCUT2D eigenvalue weighted by Gasteiger charge is -2.27. The Kier molecular flexibility index (Phi) is 8.29. The van der Waals surface area contributed by atoms with E-state index < -0.39 is 0 Å². The van der Waals surface area contributed by atoms with Crippen molar-refractivity contribution in [2.24, 2.45) is 4.99 Å². The Morgan fingerprint density at radius 1 is 1.38 bits per heavy atom. The highest BCUT2D eigenvalue weighted by Gasteiger charge is 2.26. The Labute approximate surface area is 162 Å². The summed E-state index contributed by atoms with van der Waals surface area (Å²) >= 11 is 1.77. The summed E-state index contributed by atoms with van der Waals surface area (Å²) in [4.78, 5) is 19.6. The van der Waals surface area contributed by atoms with Crippen molar-refractivity contribution in [3.05, 3.63) is 29.3 Å². The fourth-order valence-corrected chi connectivity index (χ4v) is 4.10. The van der Waals surface area contributed by atoms with Gasteiger partial charge in [0.15, 0.2) is 5.96 Å². The standard InChI is InChI=1S/C20H32N4OS/c1-5-17(24-12-6-7-19(24)25)10-11-22-20(21-3)23-14-16-9-8-15(2)13-18(16)26-4/h8-9,13,17H,5-7,10-12,14H2,1-4H3,(H2,21,22,23). The van der Waals surface area contributed by atoms with Crippen molar-refractivity contribution >= 4 is 23.6 Å². The van der Waals surface area contributed by atoms with E-state index in [1.54, 1.807) is 18.8 Å². The number of hydrogen-bond acceptors (Lipinski definition) is 3. The number of aliphatic imine (C=N–C) groups is 1. The Bertz CT molecular complexity index is 632. The Balaban J connectivity index is 1.81. The fraction of sp³-hybridized carbons (Fsp3) is 0.600. The van der Waals surface area contributed by atoms with Gasteiger partial charge in [-0.25, -0.2) is 0 Å². The highest BCUT2D eigenvalue weighted by atomic mass is 32.2. The number of aryl methyl sites for hydroxylation is 1. The quantitative estimate of drug-likeness (QED) is 0.416. The Morgan fingerprint density at radius 3 is 2.81 bits per heavy atom. The molecule has 2 rings (SSSR count). The summed E-state index contributed by atoms with van der Waals surface area (Å²) in [5.41, 5.74) is 2.56. The van der Waals surface area contributed by atoms with Crippen LogP contribution < -0.4 is 10.6 Å². The molecular weight excluding hydrogens is 344 g/mol. The molecule has 0 radical (unpaired) electrons. The number of guanidine groups is 1. The molecule has 1 aliphatic rings. The third kappa shape index (κ3) is 5.66. The van der Waals surface area contributed by atoms with E-state index in [2.05, 4.69) is 58.8 Å². The van der Waals surface area contributed by atoms with E-state index in [0.29, 0.717) is 18.4 Å². The molecule has 1 aromatic rings. The van der Waals surface area contributed by atoms with Crippen LogP contribution in [0.15, 0.2) is 28.1 Å². The van der Waals surface area contributed by atoms with Gasteiger partial charge in [-0.1, -0.05) is 19.1 Å². The highest BCUT2D eigenvalue weighted by Crippen LogP contribution is 2.21. The number of rotatable bonds is 8. The van der Waals surface area contributed by atoms with Crippen molar-refractivity contribution in [3.63, 3.8) is 0 Å². The molecule has 0 aromatic heterocycles. The summed E-state index contributed by atoms with van der Waals surface area (Å²) in [7, 11) is 1.79. The molecule has 0 bridgehead atoms. The van der Waals surface area contributed by atoms with E-state index in [1.165, 1.54) is 16.0 Å². The van der Waals surface area contributed by atoms with Gasteiger partial charge in [0.1, 0.15) is 0 Å². The van der Waals surface area contributed by atoms with Crippen LogP contribution in [0.1, 0.15) is 43.7 Å². The molecule has 1 amide bonds. The predicted octanol–water partition coefficient (Wildman–Crippen LogP) is 3.17. The molecule has 2 N–H and O–H groups in total. The van der Waals surface area contributed by atoms with E-state index in [4.69, 9.17) is 0 Å². The molecule has 5 nitrogen and oxygen atoms in total. The van der Waals surface area contributed by atoms with Gasteiger partial charge in [-0.3, -0.25) is 9.79 Å². The van der Waals surface area contributed by atoms with Crippen LogP contribution in [0.2, 0.25) is 0 Å². The van der Waals surface area contributed by atoms with Gasteiger partial charge >= 0.3 is 0 Å². The van der Waals surface area contributed by atoms with Gasteiger partial charge in [-0.05, 0) is 49.6 Å². The predicted molar refractivity (Wildman–Crippen MR) is 111 cm³/mol. The zero-order valence-corrected chi connectivity index (χ0v) is 17.3. The number of thioether (sulfide) groups is 1. The average molecular weight is 377 g/mol. The number of nitrogens with zero attached hydrogens (tertiary/aromatic N) is 2. The second-order valence-corrected chi connectivity index (χ2v) is 7.56. The third-order valence-electron chi connectivity index (χ3n) is 4.90. The smallest absolute Gasteiger partial charge is 0.222 e. The number of nitrogens with one attached hydrogen (secondary N) is 2. The monoisotopic (exact) mass is 376 g/mol. The third-order valence-corrected chi connectivity index (χ3v) is 5.72. The van der Waals surface area contributed by atoms with E-state index in [-0.39, 0.29) is 0 Å². The lowest BCUT2D eigenvalue weighted by Crippen LogP contribution is -2.41. The summed E-state index contributed by atoms with van der Waals surface area (Å²) < 4.78 is 0. The van der Waals surface area contributed by atoms with Crippen molar-refractivity contribution in [2.75, 3.05) is 26.4 Å². The topological polar surface area (TPSA) is 56.7 Å². The molecule has 0 aliphatic carbocycles. The Hall–Kier alpha value is -1.69. The molecule has 26 heavy (non-hydrogen) atoms. The van der Waals surface area contributed by atoms with Crippen molar-refractivity contribution in [1.82, 2.24) is 15.5 Å². The minimum absolute atomic E-state index is 0.309. The molecule has 144 valence electrons. The first kappa shape index (κ1) is 20.6.